The number of allylic oxidation sites excluding steroid dienone is 5. The Morgan fingerprint density at radius 2 is 2.16 bits per heavy atom. The fourth-order valence-electron chi connectivity index (χ4n) is 3.92. The van der Waals surface area contributed by atoms with Crippen molar-refractivity contribution in [2.45, 2.75) is 58.7 Å². The predicted molar refractivity (Wildman–Crippen MR) is 127 cm³/mol. The Hall–Kier alpha value is -1.82. The molecule has 3 unspecified atom stereocenters. The SMILES string of the molecule is C\C=C/C(=C\C=C\C(O)CCCC)C1C(=O)CCC1COCc1cccc(OP(O)O)c1. The van der Waals surface area contributed by atoms with Crippen LogP contribution >= 0.6 is 8.60 Å². The Labute approximate surface area is 192 Å². The molecule has 0 aromatic heterocycles. The second-order valence-electron chi connectivity index (χ2n) is 8.01. The standard InChI is InChI=1S/C25H35O6P/c1-3-5-11-22(26)12-7-10-20(8-4-2)25-21(14-15-24(25)27)18-30-17-19-9-6-13-23(16-19)31-32(28)29/h4,6-10,12-13,16,21-22,25-26,28-29H,3,5,11,14-15,17-18H2,1-2H3/b8-4-,12-7+,20-10+. The second-order valence-corrected chi connectivity index (χ2v) is 8.70. The molecule has 7 heteroatoms. The van der Waals surface area contributed by atoms with Gasteiger partial charge in [-0.3, -0.25) is 4.79 Å². The third kappa shape index (κ3) is 8.97. The molecular weight excluding hydrogens is 427 g/mol. The fraction of sp³-hybridized carbons (Fsp3) is 0.480. The van der Waals surface area contributed by atoms with Crippen LogP contribution in [0, 0.1) is 11.8 Å². The van der Waals surface area contributed by atoms with Crippen LogP contribution < -0.4 is 4.52 Å². The van der Waals surface area contributed by atoms with E-state index in [1.807, 2.05) is 37.3 Å². The Morgan fingerprint density at radius 3 is 2.88 bits per heavy atom. The van der Waals surface area contributed by atoms with Crippen LogP contribution in [0.3, 0.4) is 0 Å². The van der Waals surface area contributed by atoms with Crippen molar-refractivity contribution >= 4 is 14.4 Å². The number of benzene rings is 1. The number of aliphatic hydroxyl groups is 1. The molecular formula is C25H35O6P. The molecule has 1 aliphatic carbocycles. The van der Waals surface area contributed by atoms with E-state index in [-0.39, 0.29) is 17.6 Å². The second kappa shape index (κ2) is 14.4. The average Bonchev–Trinajstić information content (AvgIpc) is 3.11. The normalized spacial score (nSPS) is 20.7. The van der Waals surface area contributed by atoms with Gasteiger partial charge < -0.3 is 24.2 Å². The van der Waals surface area contributed by atoms with Gasteiger partial charge in [0.2, 0.25) is 0 Å². The smallest absolute Gasteiger partial charge is 0.391 e. The Kier molecular flexibility index (Phi) is 11.9. The van der Waals surface area contributed by atoms with Crippen molar-refractivity contribution < 1.29 is 28.9 Å². The van der Waals surface area contributed by atoms with E-state index in [1.165, 1.54) is 0 Å². The molecule has 32 heavy (non-hydrogen) atoms. The minimum Gasteiger partial charge on any atom is -0.427 e. The number of rotatable bonds is 13. The highest BCUT2D eigenvalue weighted by atomic mass is 31.2. The summed E-state index contributed by atoms with van der Waals surface area (Å²) in [7, 11) is -2.46. The number of carbonyl (C=O) groups excluding carboxylic acids is 1. The first-order valence-corrected chi connectivity index (χ1v) is 12.4. The number of unbranched alkanes of at least 4 members (excludes halogenated alkanes) is 1. The molecule has 0 bridgehead atoms. The number of ether oxygens (including phenoxy) is 1. The third-order valence-corrected chi connectivity index (χ3v) is 5.83. The van der Waals surface area contributed by atoms with Crippen LogP contribution in [-0.4, -0.2) is 33.4 Å². The van der Waals surface area contributed by atoms with E-state index >= 15 is 0 Å². The van der Waals surface area contributed by atoms with E-state index in [1.54, 1.807) is 24.3 Å². The number of aliphatic hydroxyl groups excluding tert-OH is 1. The van der Waals surface area contributed by atoms with Gasteiger partial charge in [0, 0.05) is 12.3 Å². The van der Waals surface area contributed by atoms with Crippen LogP contribution in [0.2, 0.25) is 0 Å². The van der Waals surface area contributed by atoms with E-state index in [2.05, 4.69) is 6.92 Å². The summed E-state index contributed by atoms with van der Waals surface area (Å²) in [5.41, 5.74) is 1.80. The Balaban J connectivity index is 1.99. The molecule has 0 amide bonds. The minimum absolute atomic E-state index is 0.0884. The molecule has 0 aliphatic heterocycles. The summed E-state index contributed by atoms with van der Waals surface area (Å²) in [5.74, 6) is 0.469. The van der Waals surface area contributed by atoms with Crippen molar-refractivity contribution in [3.63, 3.8) is 0 Å². The predicted octanol–water partition coefficient (Wildman–Crippen LogP) is 5.00. The summed E-state index contributed by atoms with van der Waals surface area (Å²) >= 11 is 0. The van der Waals surface area contributed by atoms with Gasteiger partial charge in [-0.05, 0) is 49.0 Å². The Bertz CT molecular complexity index is 801. The maximum Gasteiger partial charge on any atom is 0.391 e. The van der Waals surface area contributed by atoms with Crippen LogP contribution in [0.5, 0.6) is 5.75 Å². The van der Waals surface area contributed by atoms with Crippen molar-refractivity contribution in [1.29, 1.82) is 0 Å². The van der Waals surface area contributed by atoms with Gasteiger partial charge in [0.15, 0.2) is 0 Å². The summed E-state index contributed by atoms with van der Waals surface area (Å²) in [6, 6.07) is 7.00. The maximum atomic E-state index is 12.7. The van der Waals surface area contributed by atoms with Crippen LogP contribution in [0.25, 0.3) is 0 Å². The van der Waals surface area contributed by atoms with Crippen molar-refractivity contribution in [2.75, 3.05) is 6.61 Å². The first kappa shape index (κ1) is 26.4. The maximum absolute atomic E-state index is 12.7. The summed E-state index contributed by atoms with van der Waals surface area (Å²) in [4.78, 5) is 30.7. The van der Waals surface area contributed by atoms with E-state index in [4.69, 9.17) is 19.0 Å². The van der Waals surface area contributed by atoms with Crippen LogP contribution in [0.4, 0.5) is 0 Å². The van der Waals surface area contributed by atoms with Gasteiger partial charge in [0.1, 0.15) is 11.5 Å². The zero-order valence-electron chi connectivity index (χ0n) is 18.9. The molecule has 6 nitrogen and oxygen atoms in total. The van der Waals surface area contributed by atoms with Crippen molar-refractivity contribution in [3.05, 3.63) is 65.8 Å². The molecule has 1 aromatic carbocycles. The van der Waals surface area contributed by atoms with Crippen LogP contribution in [0.1, 0.15) is 51.5 Å². The molecule has 1 fully saturated rings. The van der Waals surface area contributed by atoms with Gasteiger partial charge in [0.25, 0.3) is 0 Å². The zero-order chi connectivity index (χ0) is 23.3. The van der Waals surface area contributed by atoms with Gasteiger partial charge in [-0.1, -0.05) is 62.3 Å². The van der Waals surface area contributed by atoms with E-state index in [0.717, 1.165) is 36.8 Å². The molecule has 3 N–H and O–H groups in total. The summed E-state index contributed by atoms with van der Waals surface area (Å²) in [6.07, 6.45) is 13.1. The van der Waals surface area contributed by atoms with E-state index in [9.17, 15) is 9.90 Å². The number of hydrogen-bond donors (Lipinski definition) is 3. The average molecular weight is 463 g/mol. The summed E-state index contributed by atoms with van der Waals surface area (Å²) in [6.45, 7) is 4.82. The fourth-order valence-corrected chi connectivity index (χ4v) is 4.23. The topological polar surface area (TPSA) is 96.2 Å². The zero-order valence-corrected chi connectivity index (χ0v) is 19.8. The van der Waals surface area contributed by atoms with E-state index < -0.39 is 14.7 Å². The van der Waals surface area contributed by atoms with Gasteiger partial charge in [-0.15, -0.1) is 0 Å². The molecule has 0 saturated heterocycles. The molecule has 0 spiro atoms. The lowest BCUT2D eigenvalue weighted by atomic mass is 9.87. The molecule has 3 atom stereocenters. The number of ketones is 1. The lowest BCUT2D eigenvalue weighted by Gasteiger charge is -2.20. The molecule has 1 aliphatic rings. The monoisotopic (exact) mass is 462 g/mol. The van der Waals surface area contributed by atoms with Crippen LogP contribution in [-0.2, 0) is 16.1 Å². The first-order valence-electron chi connectivity index (χ1n) is 11.2. The molecule has 0 heterocycles. The third-order valence-electron chi connectivity index (χ3n) is 5.46. The number of carbonyl (C=O) groups is 1. The van der Waals surface area contributed by atoms with Gasteiger partial charge in [-0.25, -0.2) is 0 Å². The molecule has 1 saturated carbocycles. The summed E-state index contributed by atoms with van der Waals surface area (Å²) < 4.78 is 10.9. The highest BCUT2D eigenvalue weighted by Gasteiger charge is 2.36. The summed E-state index contributed by atoms with van der Waals surface area (Å²) in [5, 5.41) is 10.0. The lowest BCUT2D eigenvalue weighted by molar-refractivity contribution is -0.120. The highest BCUT2D eigenvalue weighted by molar-refractivity contribution is 7.39. The number of hydrogen-bond acceptors (Lipinski definition) is 6. The molecule has 1 aromatic rings. The Morgan fingerprint density at radius 1 is 1.34 bits per heavy atom. The quantitative estimate of drug-likeness (QED) is 0.282. The molecule has 2 rings (SSSR count). The largest absolute Gasteiger partial charge is 0.427 e. The van der Waals surface area contributed by atoms with Gasteiger partial charge in [-0.2, -0.15) is 0 Å². The molecule has 0 radical (unpaired) electrons. The molecule has 176 valence electrons. The van der Waals surface area contributed by atoms with E-state index in [0.29, 0.717) is 25.4 Å². The van der Waals surface area contributed by atoms with Gasteiger partial charge in [0.05, 0.1) is 19.3 Å². The lowest BCUT2D eigenvalue weighted by Crippen LogP contribution is -2.21. The van der Waals surface area contributed by atoms with Crippen molar-refractivity contribution in [3.8, 4) is 5.75 Å². The number of Topliss-reactive ketones (excluding diaryl/α,β-unsaturated/α-hetero) is 1. The first-order chi connectivity index (χ1) is 15.4. The highest BCUT2D eigenvalue weighted by Crippen LogP contribution is 2.35. The van der Waals surface area contributed by atoms with Gasteiger partial charge >= 0.3 is 8.60 Å². The minimum atomic E-state index is -2.46. The van der Waals surface area contributed by atoms with Crippen molar-refractivity contribution in [2.24, 2.45) is 11.8 Å². The van der Waals surface area contributed by atoms with Crippen LogP contribution in [0.15, 0.2) is 60.2 Å². The van der Waals surface area contributed by atoms with Crippen molar-refractivity contribution in [1.82, 2.24) is 0 Å².